The minimum atomic E-state index is -2.04. The standard InChI is InChI=1S/C14H10O3S/c15-14-11-6-2-4-8-13(11)18(17-14)12-7-3-1-5-10(12)9-16-18/h1-8H,9H2. The average Bonchev–Trinajstić information content (AvgIpc) is 2.92. The van der Waals surface area contributed by atoms with E-state index in [1.54, 1.807) is 6.07 Å². The SMILES string of the molecule is O=C1OS2(OCc3ccccc32)c2ccccc21. The summed E-state index contributed by atoms with van der Waals surface area (Å²) in [5.74, 6) is -0.280. The van der Waals surface area contributed by atoms with Crippen LogP contribution in [-0.4, -0.2) is 5.97 Å². The first kappa shape index (κ1) is 10.2. The normalized spacial score (nSPS) is 27.4. The molecule has 0 saturated carbocycles. The highest BCUT2D eigenvalue weighted by Gasteiger charge is 2.45. The van der Waals surface area contributed by atoms with Gasteiger partial charge in [0, 0.05) is 5.56 Å². The number of carbonyl (C=O) groups excluding carboxylic acids is 1. The lowest BCUT2D eigenvalue weighted by atomic mass is 10.2. The van der Waals surface area contributed by atoms with E-state index in [4.69, 9.17) is 8.37 Å². The highest BCUT2D eigenvalue weighted by Crippen LogP contribution is 2.72. The zero-order valence-corrected chi connectivity index (χ0v) is 10.3. The molecular formula is C14H10O3S. The summed E-state index contributed by atoms with van der Waals surface area (Å²) >= 11 is 0. The second kappa shape index (κ2) is 3.37. The Labute approximate surface area is 106 Å². The van der Waals surface area contributed by atoms with Crippen molar-refractivity contribution in [1.82, 2.24) is 0 Å². The van der Waals surface area contributed by atoms with Crippen LogP contribution in [0.25, 0.3) is 0 Å². The van der Waals surface area contributed by atoms with Crippen molar-refractivity contribution in [3.8, 4) is 0 Å². The molecule has 4 heteroatoms. The van der Waals surface area contributed by atoms with E-state index in [2.05, 4.69) is 0 Å². The third-order valence-electron chi connectivity index (χ3n) is 3.23. The topological polar surface area (TPSA) is 35.5 Å². The summed E-state index contributed by atoms with van der Waals surface area (Å²) in [5, 5.41) is 0. The van der Waals surface area contributed by atoms with Crippen LogP contribution < -0.4 is 0 Å². The molecule has 1 spiro atoms. The Morgan fingerprint density at radius 1 is 0.944 bits per heavy atom. The van der Waals surface area contributed by atoms with Gasteiger partial charge in [0.05, 0.1) is 15.4 Å². The van der Waals surface area contributed by atoms with Gasteiger partial charge >= 0.3 is 5.97 Å². The molecule has 1 unspecified atom stereocenters. The fourth-order valence-corrected chi connectivity index (χ4v) is 5.15. The van der Waals surface area contributed by atoms with Crippen molar-refractivity contribution in [3.63, 3.8) is 0 Å². The molecule has 0 N–H and O–H groups in total. The van der Waals surface area contributed by atoms with Crippen LogP contribution in [0.4, 0.5) is 0 Å². The third kappa shape index (κ3) is 1.11. The van der Waals surface area contributed by atoms with Crippen molar-refractivity contribution in [2.24, 2.45) is 0 Å². The first-order valence-corrected chi connectivity index (χ1v) is 7.18. The molecule has 2 aliphatic rings. The molecule has 0 aromatic heterocycles. The second-order valence-electron chi connectivity index (χ2n) is 4.24. The largest absolute Gasteiger partial charge is 0.362 e. The van der Waals surface area contributed by atoms with Crippen LogP contribution in [0.15, 0.2) is 58.3 Å². The quantitative estimate of drug-likeness (QED) is 0.726. The lowest BCUT2D eigenvalue weighted by Crippen LogP contribution is -1.99. The zero-order chi connectivity index (χ0) is 12.2. The van der Waals surface area contributed by atoms with Gasteiger partial charge in [-0.25, -0.2) is 4.79 Å². The van der Waals surface area contributed by atoms with Gasteiger partial charge in [-0.15, -0.1) is 0 Å². The maximum atomic E-state index is 12.0. The van der Waals surface area contributed by atoms with E-state index in [-0.39, 0.29) is 5.97 Å². The van der Waals surface area contributed by atoms with Gasteiger partial charge in [0.2, 0.25) is 0 Å². The molecule has 1 atom stereocenters. The molecule has 0 fully saturated rings. The Bertz CT molecular complexity index is 668. The molecule has 0 bridgehead atoms. The number of benzene rings is 2. The maximum Gasteiger partial charge on any atom is 0.362 e. The molecule has 2 aliphatic heterocycles. The smallest absolute Gasteiger partial charge is 0.339 e. The first-order valence-electron chi connectivity index (χ1n) is 5.70. The van der Waals surface area contributed by atoms with Crippen molar-refractivity contribution >= 4 is 16.6 Å². The monoisotopic (exact) mass is 258 g/mol. The number of hydrogen-bond donors (Lipinski definition) is 0. The molecule has 2 aromatic carbocycles. The Balaban J connectivity index is 2.01. The highest BCUT2D eigenvalue weighted by atomic mass is 32.3. The highest BCUT2D eigenvalue weighted by molar-refractivity contribution is 8.26. The van der Waals surface area contributed by atoms with E-state index >= 15 is 0 Å². The second-order valence-corrected chi connectivity index (χ2v) is 6.53. The van der Waals surface area contributed by atoms with Crippen LogP contribution in [0, 0.1) is 0 Å². The van der Waals surface area contributed by atoms with Crippen molar-refractivity contribution < 1.29 is 13.2 Å². The molecule has 4 rings (SSSR count). The van der Waals surface area contributed by atoms with Crippen molar-refractivity contribution in [2.45, 2.75) is 16.4 Å². The first-order chi connectivity index (χ1) is 8.81. The Morgan fingerprint density at radius 3 is 2.56 bits per heavy atom. The summed E-state index contributed by atoms with van der Waals surface area (Å²) in [5.41, 5.74) is 1.74. The van der Waals surface area contributed by atoms with Crippen LogP contribution in [-0.2, 0) is 15.0 Å². The number of fused-ring (bicyclic) bond motifs is 4. The summed E-state index contributed by atoms with van der Waals surface area (Å²) in [6.45, 7) is 0.507. The third-order valence-corrected chi connectivity index (χ3v) is 5.98. The fraction of sp³-hybridized carbons (Fsp3) is 0.0714. The molecule has 0 aliphatic carbocycles. The molecule has 3 nitrogen and oxygen atoms in total. The molecule has 2 heterocycles. The molecule has 18 heavy (non-hydrogen) atoms. The van der Waals surface area contributed by atoms with E-state index in [0.717, 1.165) is 15.4 Å². The fourth-order valence-electron chi connectivity index (χ4n) is 2.41. The van der Waals surface area contributed by atoms with E-state index in [0.29, 0.717) is 12.2 Å². The van der Waals surface area contributed by atoms with E-state index in [1.165, 1.54) is 0 Å². The van der Waals surface area contributed by atoms with Gasteiger partial charge in [-0.2, -0.15) is 0 Å². The summed E-state index contributed by atoms with van der Waals surface area (Å²) in [4.78, 5) is 13.9. The molecule has 0 amide bonds. The van der Waals surface area contributed by atoms with Crippen molar-refractivity contribution in [3.05, 3.63) is 59.7 Å². The van der Waals surface area contributed by atoms with Crippen LogP contribution in [0.1, 0.15) is 15.9 Å². The lowest BCUT2D eigenvalue weighted by Gasteiger charge is -2.33. The van der Waals surface area contributed by atoms with E-state index in [1.807, 2.05) is 42.5 Å². The number of carbonyl (C=O) groups is 1. The predicted octanol–water partition coefficient (Wildman–Crippen LogP) is 3.44. The lowest BCUT2D eigenvalue weighted by molar-refractivity contribution is 0.0754. The van der Waals surface area contributed by atoms with Crippen LogP contribution >= 0.6 is 10.6 Å². The summed E-state index contributed by atoms with van der Waals surface area (Å²) < 4.78 is 11.5. The molecule has 2 aromatic rings. The Hall–Kier alpha value is -1.78. The summed E-state index contributed by atoms with van der Waals surface area (Å²) in [6.07, 6.45) is 0. The molecule has 90 valence electrons. The summed E-state index contributed by atoms with van der Waals surface area (Å²) in [6, 6.07) is 15.4. The minimum absolute atomic E-state index is 0.280. The van der Waals surface area contributed by atoms with Gasteiger partial charge in [-0.05, 0) is 18.2 Å². The van der Waals surface area contributed by atoms with Gasteiger partial charge in [0.15, 0.2) is 0 Å². The maximum absolute atomic E-state index is 12.0. The van der Waals surface area contributed by atoms with Gasteiger partial charge in [-0.1, -0.05) is 40.9 Å². The number of rotatable bonds is 0. The summed E-state index contributed by atoms with van der Waals surface area (Å²) in [7, 11) is -2.04. The van der Waals surface area contributed by atoms with Crippen LogP contribution in [0.5, 0.6) is 0 Å². The van der Waals surface area contributed by atoms with Crippen molar-refractivity contribution in [2.75, 3.05) is 0 Å². The molecule has 0 radical (unpaired) electrons. The Morgan fingerprint density at radius 2 is 1.67 bits per heavy atom. The zero-order valence-electron chi connectivity index (χ0n) is 9.46. The van der Waals surface area contributed by atoms with E-state index < -0.39 is 10.6 Å². The predicted molar refractivity (Wildman–Crippen MR) is 67.2 cm³/mol. The molecular weight excluding hydrogens is 248 g/mol. The van der Waals surface area contributed by atoms with Gasteiger partial charge < -0.3 is 4.18 Å². The number of hydrogen-bond acceptors (Lipinski definition) is 3. The molecule has 0 saturated heterocycles. The Kier molecular flexibility index (Phi) is 1.90. The van der Waals surface area contributed by atoms with Crippen LogP contribution in [0.3, 0.4) is 0 Å². The van der Waals surface area contributed by atoms with E-state index in [9.17, 15) is 4.79 Å². The van der Waals surface area contributed by atoms with Gasteiger partial charge in [0.25, 0.3) is 0 Å². The average molecular weight is 258 g/mol. The van der Waals surface area contributed by atoms with Crippen molar-refractivity contribution in [1.29, 1.82) is 0 Å². The van der Waals surface area contributed by atoms with Gasteiger partial charge in [0.1, 0.15) is 6.61 Å². The van der Waals surface area contributed by atoms with Crippen LogP contribution in [0.2, 0.25) is 0 Å². The van der Waals surface area contributed by atoms with Gasteiger partial charge in [-0.3, -0.25) is 4.18 Å². The minimum Gasteiger partial charge on any atom is -0.339 e.